The van der Waals surface area contributed by atoms with Crippen molar-refractivity contribution in [3.63, 3.8) is 0 Å². The highest BCUT2D eigenvalue weighted by Gasteiger charge is 2.07. The summed E-state index contributed by atoms with van der Waals surface area (Å²) in [4.78, 5) is 12.1. The van der Waals surface area contributed by atoms with Crippen molar-refractivity contribution in [2.24, 2.45) is 0 Å². The van der Waals surface area contributed by atoms with E-state index < -0.39 is 0 Å². The number of nitrogens with one attached hydrogen (secondary N) is 1. The van der Waals surface area contributed by atoms with E-state index in [1.165, 1.54) is 5.56 Å². The third kappa shape index (κ3) is 6.42. The summed E-state index contributed by atoms with van der Waals surface area (Å²) in [6.45, 7) is 4.84. The van der Waals surface area contributed by atoms with Crippen LogP contribution in [0.15, 0.2) is 46.9 Å². The molecule has 25 heavy (non-hydrogen) atoms. The van der Waals surface area contributed by atoms with Gasteiger partial charge in [-0.05, 0) is 58.6 Å². The van der Waals surface area contributed by atoms with E-state index in [0.717, 1.165) is 29.5 Å². The van der Waals surface area contributed by atoms with Crippen molar-refractivity contribution >= 4 is 27.5 Å². The van der Waals surface area contributed by atoms with Crippen LogP contribution < -0.4 is 14.8 Å². The number of anilines is 1. The Labute approximate surface area is 157 Å². The minimum Gasteiger partial charge on any atom is -0.494 e. The summed E-state index contributed by atoms with van der Waals surface area (Å²) in [5.41, 5.74) is 1.91. The molecule has 0 spiro atoms. The fraction of sp³-hybridized carbons (Fsp3) is 0.350. The van der Waals surface area contributed by atoms with Gasteiger partial charge in [0.25, 0.3) is 5.91 Å². The number of carbonyl (C=O) groups excluding carboxylic acids is 1. The lowest BCUT2D eigenvalue weighted by Crippen LogP contribution is -2.20. The molecule has 0 saturated heterocycles. The van der Waals surface area contributed by atoms with Crippen LogP contribution in [-0.2, 0) is 11.2 Å². The molecule has 0 aromatic heterocycles. The lowest BCUT2D eigenvalue weighted by Gasteiger charge is -2.11. The molecule has 0 aliphatic heterocycles. The highest BCUT2D eigenvalue weighted by atomic mass is 79.9. The minimum absolute atomic E-state index is 0.0506. The van der Waals surface area contributed by atoms with E-state index in [9.17, 15) is 4.79 Å². The summed E-state index contributed by atoms with van der Waals surface area (Å²) >= 11 is 3.47. The second-order valence-corrected chi connectivity index (χ2v) is 6.54. The van der Waals surface area contributed by atoms with E-state index in [1.807, 2.05) is 42.5 Å². The Bertz CT molecular complexity index is 703. The molecule has 0 heterocycles. The first-order chi connectivity index (χ1) is 12.1. The summed E-state index contributed by atoms with van der Waals surface area (Å²) in [5, 5.41) is 2.83. The average molecular weight is 406 g/mol. The van der Waals surface area contributed by atoms with Gasteiger partial charge in [-0.2, -0.15) is 0 Å². The van der Waals surface area contributed by atoms with Gasteiger partial charge in [0, 0.05) is 11.8 Å². The molecule has 2 rings (SSSR count). The molecule has 0 atom stereocenters. The second-order valence-electron chi connectivity index (χ2n) is 5.69. The van der Waals surface area contributed by atoms with Gasteiger partial charge in [-0.3, -0.25) is 4.79 Å². The van der Waals surface area contributed by atoms with Crippen LogP contribution in [-0.4, -0.2) is 19.1 Å². The Balaban J connectivity index is 1.86. The van der Waals surface area contributed by atoms with Crippen molar-refractivity contribution in [1.82, 2.24) is 0 Å². The molecule has 0 bridgehead atoms. The molecule has 2 aromatic rings. The van der Waals surface area contributed by atoms with E-state index in [0.29, 0.717) is 18.0 Å². The molecule has 1 amide bonds. The average Bonchev–Trinajstić information content (AvgIpc) is 2.61. The Morgan fingerprint density at radius 3 is 2.68 bits per heavy atom. The first kappa shape index (κ1) is 19.3. The Hall–Kier alpha value is -2.01. The molecular formula is C20H24BrNO3. The van der Waals surface area contributed by atoms with Crippen molar-refractivity contribution in [2.45, 2.75) is 33.1 Å². The topological polar surface area (TPSA) is 47.6 Å². The van der Waals surface area contributed by atoms with Crippen molar-refractivity contribution in [3.8, 4) is 11.5 Å². The molecule has 5 heteroatoms. The van der Waals surface area contributed by atoms with Gasteiger partial charge in [-0.15, -0.1) is 0 Å². The molecule has 1 N–H and O–H groups in total. The lowest BCUT2D eigenvalue weighted by molar-refractivity contribution is -0.118. The van der Waals surface area contributed by atoms with E-state index in [1.54, 1.807) is 0 Å². The van der Waals surface area contributed by atoms with E-state index in [4.69, 9.17) is 9.47 Å². The maximum absolute atomic E-state index is 12.1. The zero-order valence-electron chi connectivity index (χ0n) is 14.7. The van der Waals surface area contributed by atoms with Gasteiger partial charge < -0.3 is 14.8 Å². The molecular weight excluding hydrogens is 382 g/mol. The summed E-state index contributed by atoms with van der Waals surface area (Å²) in [6.07, 6.45) is 3.05. The maximum Gasteiger partial charge on any atom is 0.262 e. The first-order valence-electron chi connectivity index (χ1n) is 8.56. The van der Waals surface area contributed by atoms with Gasteiger partial charge >= 0.3 is 0 Å². The van der Waals surface area contributed by atoms with Crippen LogP contribution in [0.25, 0.3) is 0 Å². The number of hydrogen-bond donors (Lipinski definition) is 1. The van der Waals surface area contributed by atoms with Crippen LogP contribution in [0.2, 0.25) is 0 Å². The second kappa shape index (κ2) is 10.1. The zero-order chi connectivity index (χ0) is 18.1. The molecule has 0 saturated carbocycles. The van der Waals surface area contributed by atoms with Gasteiger partial charge in [0.05, 0.1) is 11.1 Å². The van der Waals surface area contributed by atoms with Gasteiger partial charge in [0.2, 0.25) is 0 Å². The molecule has 4 nitrogen and oxygen atoms in total. The number of halogens is 1. The highest BCUT2D eigenvalue weighted by molar-refractivity contribution is 9.10. The monoisotopic (exact) mass is 405 g/mol. The summed E-state index contributed by atoms with van der Waals surface area (Å²) < 4.78 is 12.1. The number of amides is 1. The van der Waals surface area contributed by atoms with Crippen LogP contribution in [0, 0.1) is 0 Å². The molecule has 0 unspecified atom stereocenters. The molecule has 0 radical (unpaired) electrons. The first-order valence-corrected chi connectivity index (χ1v) is 9.35. The Kier molecular flexibility index (Phi) is 7.79. The summed E-state index contributed by atoms with van der Waals surface area (Å²) in [7, 11) is 0. The van der Waals surface area contributed by atoms with Crippen LogP contribution in [0.3, 0.4) is 0 Å². The van der Waals surface area contributed by atoms with E-state index in [2.05, 4.69) is 35.1 Å². The molecule has 134 valence electrons. The van der Waals surface area contributed by atoms with E-state index >= 15 is 0 Å². The standard InChI is InChI=1S/C20H24BrNO3/c1-3-5-11-24-17-8-6-7-16(13-17)22-20(23)14-25-19-10-9-15(4-2)12-18(19)21/h6-10,12-13H,3-5,11,14H2,1-2H3,(H,22,23). The van der Waals surface area contributed by atoms with Gasteiger partial charge in [0.1, 0.15) is 11.5 Å². The molecule has 0 aliphatic rings. The number of rotatable bonds is 9. The zero-order valence-corrected chi connectivity index (χ0v) is 16.3. The van der Waals surface area contributed by atoms with Crippen LogP contribution in [0.4, 0.5) is 5.69 Å². The summed E-state index contributed by atoms with van der Waals surface area (Å²) in [5.74, 6) is 1.20. The molecule has 0 aliphatic carbocycles. The maximum atomic E-state index is 12.1. The predicted molar refractivity (Wildman–Crippen MR) is 104 cm³/mol. The largest absolute Gasteiger partial charge is 0.494 e. The number of hydrogen-bond acceptors (Lipinski definition) is 3. The number of carbonyl (C=O) groups is 1. The highest BCUT2D eigenvalue weighted by Crippen LogP contribution is 2.26. The number of ether oxygens (including phenoxy) is 2. The lowest BCUT2D eigenvalue weighted by atomic mass is 10.2. The molecule has 2 aromatic carbocycles. The Morgan fingerprint density at radius 1 is 1.12 bits per heavy atom. The van der Waals surface area contributed by atoms with Crippen LogP contribution >= 0.6 is 15.9 Å². The predicted octanol–water partition coefficient (Wildman–Crippen LogP) is 5.21. The van der Waals surface area contributed by atoms with Crippen molar-refractivity contribution in [3.05, 3.63) is 52.5 Å². The number of unbranched alkanes of at least 4 members (excludes halogenated alkanes) is 1. The van der Waals surface area contributed by atoms with Crippen molar-refractivity contribution in [1.29, 1.82) is 0 Å². The third-order valence-corrected chi connectivity index (χ3v) is 4.27. The fourth-order valence-corrected chi connectivity index (χ4v) is 2.76. The smallest absolute Gasteiger partial charge is 0.262 e. The van der Waals surface area contributed by atoms with E-state index in [-0.39, 0.29) is 12.5 Å². The van der Waals surface area contributed by atoms with Crippen molar-refractivity contribution in [2.75, 3.05) is 18.5 Å². The normalized spacial score (nSPS) is 10.4. The summed E-state index contributed by atoms with van der Waals surface area (Å²) in [6, 6.07) is 13.3. The quantitative estimate of drug-likeness (QED) is 0.582. The number of benzene rings is 2. The molecule has 0 fully saturated rings. The fourth-order valence-electron chi connectivity index (χ4n) is 2.22. The third-order valence-electron chi connectivity index (χ3n) is 3.65. The van der Waals surface area contributed by atoms with Crippen LogP contribution in [0.1, 0.15) is 32.3 Å². The Morgan fingerprint density at radius 2 is 1.96 bits per heavy atom. The SMILES string of the molecule is CCCCOc1cccc(NC(=O)COc2ccc(CC)cc2Br)c1. The van der Waals surface area contributed by atoms with Crippen molar-refractivity contribution < 1.29 is 14.3 Å². The van der Waals surface area contributed by atoms with Gasteiger partial charge in [-0.1, -0.05) is 32.4 Å². The van der Waals surface area contributed by atoms with Gasteiger partial charge in [-0.25, -0.2) is 0 Å². The number of aryl methyl sites for hydroxylation is 1. The van der Waals surface area contributed by atoms with Crippen LogP contribution in [0.5, 0.6) is 11.5 Å². The minimum atomic E-state index is -0.211. The van der Waals surface area contributed by atoms with Gasteiger partial charge in [0.15, 0.2) is 6.61 Å².